The van der Waals surface area contributed by atoms with Crippen LogP contribution in [0.25, 0.3) is 0 Å². The molecule has 2 heterocycles. The van der Waals surface area contributed by atoms with Crippen LogP contribution < -0.4 is 0 Å². The molecular weight excluding hydrogens is 198 g/mol. The fourth-order valence-electron chi connectivity index (χ4n) is 1.85. The maximum atomic E-state index is 11.7. The molecule has 0 aromatic rings. The number of rotatable bonds is 5. The van der Waals surface area contributed by atoms with E-state index in [1.165, 1.54) is 0 Å². The van der Waals surface area contributed by atoms with Crippen molar-refractivity contribution in [1.29, 1.82) is 0 Å². The Balaban J connectivity index is 2.05. The van der Waals surface area contributed by atoms with Crippen molar-refractivity contribution in [3.05, 3.63) is 12.2 Å². The Hall–Kier alpha value is -0.910. The Labute approximate surface area is 88.6 Å². The molecule has 1 amide bonds. The van der Waals surface area contributed by atoms with Gasteiger partial charge in [-0.25, -0.2) is 0 Å². The van der Waals surface area contributed by atoms with Gasteiger partial charge in [0.25, 0.3) is 0 Å². The highest BCUT2D eigenvalue weighted by atomic mass is 16.6. The maximum absolute atomic E-state index is 11.7. The summed E-state index contributed by atoms with van der Waals surface area (Å²) in [6.07, 6.45) is 3.30. The minimum absolute atomic E-state index is 0.0344. The number of ether oxygens (including phenoxy) is 3. The summed E-state index contributed by atoms with van der Waals surface area (Å²) in [6, 6.07) is -0.0764. The molecule has 15 heavy (non-hydrogen) atoms. The molecule has 0 N–H and O–H groups in total. The lowest BCUT2D eigenvalue weighted by Gasteiger charge is -2.29. The van der Waals surface area contributed by atoms with Crippen molar-refractivity contribution < 1.29 is 19.0 Å². The van der Waals surface area contributed by atoms with Gasteiger partial charge in [0, 0.05) is 20.3 Å². The topological polar surface area (TPSA) is 51.3 Å². The van der Waals surface area contributed by atoms with E-state index in [0.29, 0.717) is 13.2 Å². The van der Waals surface area contributed by atoms with Crippen LogP contribution in [0, 0.1) is 0 Å². The SMILES string of the molecule is COCC(COC)N1C(=O)C=CC2OC21. The van der Waals surface area contributed by atoms with Crippen molar-refractivity contribution >= 4 is 5.91 Å². The van der Waals surface area contributed by atoms with Crippen molar-refractivity contribution in [2.45, 2.75) is 18.4 Å². The number of hydrogen-bond acceptors (Lipinski definition) is 4. The number of epoxide rings is 1. The highest BCUT2D eigenvalue weighted by Gasteiger charge is 2.49. The van der Waals surface area contributed by atoms with E-state index in [2.05, 4.69) is 0 Å². The summed E-state index contributed by atoms with van der Waals surface area (Å²) in [6.45, 7) is 0.917. The highest BCUT2D eigenvalue weighted by molar-refractivity contribution is 5.89. The van der Waals surface area contributed by atoms with Crippen molar-refractivity contribution in [2.75, 3.05) is 27.4 Å². The predicted molar refractivity (Wildman–Crippen MR) is 52.2 cm³/mol. The summed E-state index contributed by atoms with van der Waals surface area (Å²) in [7, 11) is 3.22. The second-order valence-electron chi connectivity index (χ2n) is 3.66. The van der Waals surface area contributed by atoms with Gasteiger partial charge in [0.2, 0.25) is 5.91 Å². The van der Waals surface area contributed by atoms with Crippen LogP contribution in [0.15, 0.2) is 12.2 Å². The number of carbonyl (C=O) groups is 1. The summed E-state index contributed by atoms with van der Waals surface area (Å²) in [5.41, 5.74) is 0. The highest BCUT2D eigenvalue weighted by Crippen LogP contribution is 2.32. The third-order valence-electron chi connectivity index (χ3n) is 2.57. The molecule has 2 aliphatic rings. The Morgan fingerprint density at radius 2 is 2.13 bits per heavy atom. The molecule has 0 aliphatic carbocycles. The first-order valence-electron chi connectivity index (χ1n) is 4.91. The van der Waals surface area contributed by atoms with Gasteiger partial charge < -0.3 is 19.1 Å². The van der Waals surface area contributed by atoms with Crippen LogP contribution in [-0.4, -0.2) is 56.6 Å². The third-order valence-corrected chi connectivity index (χ3v) is 2.57. The molecule has 0 spiro atoms. The van der Waals surface area contributed by atoms with Crippen LogP contribution in [0.4, 0.5) is 0 Å². The van der Waals surface area contributed by atoms with Gasteiger partial charge >= 0.3 is 0 Å². The Bertz CT molecular complexity index is 273. The Morgan fingerprint density at radius 1 is 1.47 bits per heavy atom. The molecule has 0 saturated carbocycles. The molecule has 84 valence electrons. The van der Waals surface area contributed by atoms with Gasteiger partial charge in [-0.15, -0.1) is 0 Å². The zero-order valence-electron chi connectivity index (χ0n) is 8.88. The second kappa shape index (κ2) is 4.30. The smallest absolute Gasteiger partial charge is 0.248 e. The lowest BCUT2D eigenvalue weighted by Crippen LogP contribution is -2.48. The summed E-state index contributed by atoms with van der Waals surface area (Å²) < 4.78 is 15.5. The Morgan fingerprint density at radius 3 is 2.73 bits per heavy atom. The fourth-order valence-corrected chi connectivity index (χ4v) is 1.85. The molecular formula is C10H15NO4. The van der Waals surface area contributed by atoms with Gasteiger partial charge in [0.1, 0.15) is 6.10 Å². The van der Waals surface area contributed by atoms with E-state index in [9.17, 15) is 4.79 Å². The van der Waals surface area contributed by atoms with Crippen molar-refractivity contribution in [1.82, 2.24) is 4.90 Å². The zero-order valence-corrected chi connectivity index (χ0v) is 8.88. The molecule has 5 heteroatoms. The number of carbonyl (C=O) groups excluding carboxylic acids is 1. The number of hydrogen-bond donors (Lipinski definition) is 0. The van der Waals surface area contributed by atoms with E-state index in [0.717, 1.165) is 0 Å². The molecule has 1 fully saturated rings. The van der Waals surface area contributed by atoms with Gasteiger partial charge in [-0.1, -0.05) is 0 Å². The van der Waals surface area contributed by atoms with E-state index in [4.69, 9.17) is 14.2 Å². The number of amides is 1. The van der Waals surface area contributed by atoms with Gasteiger partial charge in [0.05, 0.1) is 19.3 Å². The van der Waals surface area contributed by atoms with Crippen LogP contribution in [0.1, 0.15) is 0 Å². The monoisotopic (exact) mass is 213 g/mol. The van der Waals surface area contributed by atoms with Gasteiger partial charge in [-0.3, -0.25) is 4.79 Å². The average Bonchev–Trinajstić information content (AvgIpc) is 2.96. The first-order valence-corrected chi connectivity index (χ1v) is 4.91. The normalized spacial score (nSPS) is 28.5. The van der Waals surface area contributed by atoms with Gasteiger partial charge in [-0.2, -0.15) is 0 Å². The minimum Gasteiger partial charge on any atom is -0.382 e. The lowest BCUT2D eigenvalue weighted by atomic mass is 10.2. The maximum Gasteiger partial charge on any atom is 0.248 e. The summed E-state index contributed by atoms with van der Waals surface area (Å²) >= 11 is 0. The quantitative estimate of drug-likeness (QED) is 0.592. The van der Waals surface area contributed by atoms with Crippen LogP contribution in [-0.2, 0) is 19.0 Å². The first kappa shape index (κ1) is 10.6. The molecule has 0 aromatic heterocycles. The fraction of sp³-hybridized carbons (Fsp3) is 0.700. The summed E-state index contributed by atoms with van der Waals surface area (Å²) in [4.78, 5) is 13.4. The molecule has 1 saturated heterocycles. The minimum atomic E-state index is -0.113. The van der Waals surface area contributed by atoms with Crippen LogP contribution in [0.2, 0.25) is 0 Å². The molecule has 0 radical (unpaired) electrons. The predicted octanol–water partition coefficient (Wildman–Crippen LogP) is -0.229. The van der Waals surface area contributed by atoms with E-state index in [1.807, 2.05) is 0 Å². The Kier molecular flexibility index (Phi) is 3.04. The van der Waals surface area contributed by atoms with Crippen molar-refractivity contribution in [2.24, 2.45) is 0 Å². The van der Waals surface area contributed by atoms with Crippen LogP contribution >= 0.6 is 0 Å². The largest absolute Gasteiger partial charge is 0.382 e. The standard InChI is InChI=1S/C10H15NO4/c1-13-5-7(6-14-2)11-9(12)4-3-8-10(11)15-8/h3-4,7-8,10H,5-6H2,1-2H3. The number of nitrogens with zero attached hydrogens (tertiary/aromatic N) is 1. The average molecular weight is 213 g/mol. The molecule has 2 atom stereocenters. The van der Waals surface area contributed by atoms with Gasteiger partial charge in [-0.05, 0) is 6.08 Å². The van der Waals surface area contributed by atoms with E-state index >= 15 is 0 Å². The third kappa shape index (κ3) is 2.04. The zero-order chi connectivity index (χ0) is 10.8. The lowest BCUT2D eigenvalue weighted by molar-refractivity contribution is -0.134. The van der Waals surface area contributed by atoms with Crippen molar-refractivity contribution in [3.63, 3.8) is 0 Å². The van der Waals surface area contributed by atoms with Gasteiger partial charge in [0.15, 0.2) is 6.23 Å². The van der Waals surface area contributed by atoms with Crippen LogP contribution in [0.5, 0.6) is 0 Å². The number of methoxy groups -OCH3 is 2. The molecule has 0 bridgehead atoms. The van der Waals surface area contributed by atoms with E-state index in [-0.39, 0.29) is 24.3 Å². The van der Waals surface area contributed by atoms with Crippen LogP contribution in [0.3, 0.4) is 0 Å². The molecule has 2 aliphatic heterocycles. The number of fused-ring (bicyclic) bond motifs is 1. The summed E-state index contributed by atoms with van der Waals surface area (Å²) in [5, 5.41) is 0. The second-order valence-corrected chi connectivity index (χ2v) is 3.66. The molecule has 2 rings (SSSR count). The molecule has 5 nitrogen and oxygen atoms in total. The molecule has 0 aromatic carbocycles. The van der Waals surface area contributed by atoms with Crippen molar-refractivity contribution in [3.8, 4) is 0 Å². The first-order chi connectivity index (χ1) is 7.27. The summed E-state index contributed by atoms with van der Waals surface area (Å²) in [5.74, 6) is -0.0344. The van der Waals surface area contributed by atoms with E-state index in [1.54, 1.807) is 31.3 Å². The molecule has 2 unspecified atom stereocenters. The van der Waals surface area contributed by atoms with E-state index < -0.39 is 0 Å².